The second kappa shape index (κ2) is 10.5. The lowest BCUT2D eigenvalue weighted by Gasteiger charge is -2.25. The van der Waals surface area contributed by atoms with Gasteiger partial charge in [-0.1, -0.05) is 41.8 Å². The Hall–Kier alpha value is -2.12. The van der Waals surface area contributed by atoms with Crippen molar-refractivity contribution in [1.82, 2.24) is 0 Å². The SMILES string of the molecule is O=C(OC1CCCCC1)C(COc1ccc(C(F)(F)F)cc1Cl)Oc1ccccc1Cl. The van der Waals surface area contributed by atoms with Gasteiger partial charge < -0.3 is 14.2 Å². The lowest BCUT2D eigenvalue weighted by Crippen LogP contribution is -2.38. The van der Waals surface area contributed by atoms with Gasteiger partial charge >= 0.3 is 12.1 Å². The third kappa shape index (κ3) is 6.68. The van der Waals surface area contributed by atoms with Crippen molar-refractivity contribution < 1.29 is 32.2 Å². The Bertz CT molecular complexity index is 899. The highest BCUT2D eigenvalue weighted by Gasteiger charge is 2.32. The molecule has 0 saturated heterocycles. The number of alkyl halides is 3. The molecule has 1 unspecified atom stereocenters. The van der Waals surface area contributed by atoms with E-state index in [2.05, 4.69) is 0 Å². The van der Waals surface area contributed by atoms with Crippen molar-refractivity contribution >= 4 is 29.2 Å². The summed E-state index contributed by atoms with van der Waals surface area (Å²) >= 11 is 12.1. The predicted molar refractivity (Wildman–Crippen MR) is 111 cm³/mol. The van der Waals surface area contributed by atoms with Crippen LogP contribution in [0.3, 0.4) is 0 Å². The van der Waals surface area contributed by atoms with Gasteiger partial charge in [0.15, 0.2) is 0 Å². The first-order valence-electron chi connectivity index (χ1n) is 9.85. The zero-order valence-corrected chi connectivity index (χ0v) is 18.0. The average molecular weight is 477 g/mol. The van der Waals surface area contributed by atoms with E-state index >= 15 is 0 Å². The van der Waals surface area contributed by atoms with Crippen LogP contribution >= 0.6 is 23.2 Å². The van der Waals surface area contributed by atoms with E-state index in [4.69, 9.17) is 37.4 Å². The zero-order chi connectivity index (χ0) is 22.4. The highest BCUT2D eigenvalue weighted by Crippen LogP contribution is 2.35. The molecule has 1 aliphatic carbocycles. The minimum atomic E-state index is -4.53. The van der Waals surface area contributed by atoms with Gasteiger partial charge in [0, 0.05) is 0 Å². The van der Waals surface area contributed by atoms with E-state index in [1.807, 2.05) is 0 Å². The number of rotatable bonds is 7. The fourth-order valence-electron chi connectivity index (χ4n) is 3.23. The van der Waals surface area contributed by atoms with Gasteiger partial charge in [0.2, 0.25) is 6.10 Å². The number of carbonyl (C=O) groups excluding carboxylic acids is 1. The molecule has 0 aromatic heterocycles. The Morgan fingerprint density at radius 3 is 2.35 bits per heavy atom. The number of halogens is 5. The molecule has 0 bridgehead atoms. The first-order valence-corrected chi connectivity index (χ1v) is 10.6. The lowest BCUT2D eigenvalue weighted by atomic mass is 9.98. The summed E-state index contributed by atoms with van der Waals surface area (Å²) in [6.07, 6.45) is -1.30. The molecule has 0 amide bonds. The molecule has 2 aromatic rings. The Morgan fingerprint density at radius 2 is 1.71 bits per heavy atom. The molecule has 1 atom stereocenters. The predicted octanol–water partition coefficient (Wildman–Crippen LogP) is 6.71. The summed E-state index contributed by atoms with van der Waals surface area (Å²) in [4.78, 5) is 12.8. The summed E-state index contributed by atoms with van der Waals surface area (Å²) in [7, 11) is 0. The van der Waals surface area contributed by atoms with Crippen molar-refractivity contribution in [2.75, 3.05) is 6.61 Å². The van der Waals surface area contributed by atoms with Crippen LogP contribution < -0.4 is 9.47 Å². The maximum Gasteiger partial charge on any atom is 0.416 e. The van der Waals surface area contributed by atoms with Crippen LogP contribution in [0.2, 0.25) is 10.0 Å². The molecule has 1 aliphatic rings. The summed E-state index contributed by atoms with van der Waals surface area (Å²) in [5.74, 6) is -0.375. The van der Waals surface area contributed by atoms with Crippen LogP contribution in [0.5, 0.6) is 11.5 Å². The first-order chi connectivity index (χ1) is 14.7. The second-order valence-electron chi connectivity index (χ2n) is 7.19. The Labute approximate surface area is 188 Å². The fourth-order valence-corrected chi connectivity index (χ4v) is 3.64. The fraction of sp³-hybridized carbons (Fsp3) is 0.409. The average Bonchev–Trinajstić information content (AvgIpc) is 2.73. The smallest absolute Gasteiger partial charge is 0.416 e. The number of para-hydroxylation sites is 1. The molecular weight excluding hydrogens is 456 g/mol. The van der Waals surface area contributed by atoms with Crippen molar-refractivity contribution in [3.05, 3.63) is 58.1 Å². The number of benzene rings is 2. The van der Waals surface area contributed by atoms with Gasteiger partial charge in [-0.15, -0.1) is 0 Å². The van der Waals surface area contributed by atoms with Crippen molar-refractivity contribution in [1.29, 1.82) is 0 Å². The summed E-state index contributed by atoms with van der Waals surface area (Å²) in [6.45, 7) is -0.318. The van der Waals surface area contributed by atoms with E-state index in [1.54, 1.807) is 24.3 Å². The highest BCUT2D eigenvalue weighted by atomic mass is 35.5. The van der Waals surface area contributed by atoms with Gasteiger partial charge in [-0.2, -0.15) is 13.2 Å². The molecular formula is C22H21Cl2F3O4. The van der Waals surface area contributed by atoms with Gasteiger partial charge in [0.25, 0.3) is 0 Å². The van der Waals surface area contributed by atoms with Crippen molar-refractivity contribution in [2.45, 2.75) is 50.5 Å². The summed E-state index contributed by atoms with van der Waals surface area (Å²) < 4.78 is 55.3. The van der Waals surface area contributed by atoms with E-state index in [1.165, 1.54) is 0 Å². The lowest BCUT2D eigenvalue weighted by molar-refractivity contribution is -0.160. The largest absolute Gasteiger partial charge is 0.488 e. The number of carbonyl (C=O) groups is 1. The van der Waals surface area contributed by atoms with Gasteiger partial charge in [-0.25, -0.2) is 4.79 Å². The minimum Gasteiger partial charge on any atom is -0.488 e. The van der Waals surface area contributed by atoms with Crippen LogP contribution in [0.25, 0.3) is 0 Å². The number of ether oxygens (including phenoxy) is 3. The molecule has 31 heavy (non-hydrogen) atoms. The molecule has 168 valence electrons. The third-order valence-electron chi connectivity index (χ3n) is 4.85. The first kappa shape index (κ1) is 23.5. The van der Waals surface area contributed by atoms with Gasteiger partial charge in [-0.3, -0.25) is 0 Å². The van der Waals surface area contributed by atoms with E-state index in [9.17, 15) is 18.0 Å². The number of hydrogen-bond donors (Lipinski definition) is 0. The normalized spacial score (nSPS) is 15.9. The van der Waals surface area contributed by atoms with E-state index in [0.29, 0.717) is 5.02 Å². The molecule has 2 aromatic carbocycles. The Morgan fingerprint density at radius 1 is 1.00 bits per heavy atom. The topological polar surface area (TPSA) is 44.8 Å². The monoisotopic (exact) mass is 476 g/mol. The molecule has 3 rings (SSSR count). The minimum absolute atomic E-state index is 0.00658. The molecule has 1 saturated carbocycles. The molecule has 0 spiro atoms. The Kier molecular flexibility index (Phi) is 7.94. The van der Waals surface area contributed by atoms with Crippen molar-refractivity contribution in [2.24, 2.45) is 0 Å². The molecule has 4 nitrogen and oxygen atoms in total. The zero-order valence-electron chi connectivity index (χ0n) is 16.5. The molecule has 0 aliphatic heterocycles. The summed E-state index contributed by atoms with van der Waals surface area (Å²) in [5, 5.41) is 0.0671. The van der Waals surface area contributed by atoms with E-state index in [0.717, 1.165) is 50.3 Å². The van der Waals surface area contributed by atoms with Crippen LogP contribution in [0.15, 0.2) is 42.5 Å². The van der Waals surface area contributed by atoms with Gasteiger partial charge in [-0.05, 0) is 56.0 Å². The van der Waals surface area contributed by atoms with Crippen LogP contribution in [-0.4, -0.2) is 24.8 Å². The van der Waals surface area contributed by atoms with E-state index < -0.39 is 23.8 Å². The van der Waals surface area contributed by atoms with Crippen molar-refractivity contribution in [3.8, 4) is 11.5 Å². The van der Waals surface area contributed by atoms with Crippen molar-refractivity contribution in [3.63, 3.8) is 0 Å². The second-order valence-corrected chi connectivity index (χ2v) is 8.00. The maximum atomic E-state index is 12.8. The van der Waals surface area contributed by atoms with Crippen LogP contribution in [0.1, 0.15) is 37.7 Å². The van der Waals surface area contributed by atoms with E-state index in [-0.39, 0.29) is 29.2 Å². The number of hydrogen-bond acceptors (Lipinski definition) is 4. The van der Waals surface area contributed by atoms with Crippen LogP contribution in [0.4, 0.5) is 13.2 Å². The van der Waals surface area contributed by atoms with Crippen LogP contribution in [0, 0.1) is 0 Å². The molecule has 1 fully saturated rings. The summed E-state index contributed by atoms with van der Waals surface area (Å²) in [6, 6.07) is 9.32. The highest BCUT2D eigenvalue weighted by molar-refractivity contribution is 6.32. The van der Waals surface area contributed by atoms with Crippen LogP contribution in [-0.2, 0) is 15.7 Å². The molecule has 9 heteroatoms. The summed E-state index contributed by atoms with van der Waals surface area (Å²) in [5.41, 5.74) is -0.898. The standard InChI is InChI=1S/C22H21Cl2F3O4/c23-16-8-4-5-9-19(16)31-20(21(28)30-15-6-2-1-3-7-15)13-29-18-11-10-14(12-17(18)24)22(25,26)27/h4-5,8-12,15,20H,1-3,6-7,13H2. The molecule has 0 heterocycles. The molecule has 0 N–H and O–H groups in total. The maximum absolute atomic E-state index is 12.8. The van der Waals surface area contributed by atoms with Gasteiger partial charge in [0.05, 0.1) is 15.6 Å². The Balaban J connectivity index is 1.72. The quantitative estimate of drug-likeness (QED) is 0.416. The van der Waals surface area contributed by atoms with Gasteiger partial charge in [0.1, 0.15) is 24.2 Å². The number of esters is 1. The molecule has 0 radical (unpaired) electrons. The third-order valence-corrected chi connectivity index (χ3v) is 5.46.